The predicted octanol–water partition coefficient (Wildman–Crippen LogP) is 3.41. The van der Waals surface area contributed by atoms with Crippen molar-refractivity contribution in [3.63, 3.8) is 0 Å². The summed E-state index contributed by atoms with van der Waals surface area (Å²) in [6, 6.07) is 8.77. The van der Waals surface area contributed by atoms with Crippen LogP contribution in [0.1, 0.15) is 44.2 Å². The molecular weight excluding hydrogens is 258 g/mol. The first-order valence-electron chi connectivity index (χ1n) is 7.93. The topological polar surface area (TPSA) is 27.6 Å². The molecule has 0 radical (unpaired) electrons. The Morgan fingerprint density at radius 1 is 1.43 bits per heavy atom. The van der Waals surface area contributed by atoms with E-state index in [-0.39, 0.29) is 0 Å². The molecule has 1 aliphatic heterocycles. The quantitative estimate of drug-likeness (QED) is 0.681. The van der Waals surface area contributed by atoms with Gasteiger partial charge >= 0.3 is 0 Å². The molecule has 3 heteroatoms. The van der Waals surface area contributed by atoms with Crippen LogP contribution in [0.15, 0.2) is 29.3 Å². The van der Waals surface area contributed by atoms with Crippen molar-refractivity contribution in [1.82, 2.24) is 10.2 Å². The van der Waals surface area contributed by atoms with Crippen molar-refractivity contribution in [3.05, 3.63) is 35.4 Å². The van der Waals surface area contributed by atoms with E-state index >= 15 is 0 Å². The Balaban J connectivity index is 1.92. The van der Waals surface area contributed by atoms with Crippen LogP contribution in [0.2, 0.25) is 0 Å². The van der Waals surface area contributed by atoms with Gasteiger partial charge in [-0.15, -0.1) is 0 Å². The van der Waals surface area contributed by atoms with Gasteiger partial charge in [-0.2, -0.15) is 0 Å². The summed E-state index contributed by atoms with van der Waals surface area (Å²) in [5.41, 5.74) is 3.12. The lowest BCUT2D eigenvalue weighted by Gasteiger charge is -2.25. The van der Waals surface area contributed by atoms with Crippen molar-refractivity contribution in [2.75, 3.05) is 26.7 Å². The number of rotatable bonds is 3. The van der Waals surface area contributed by atoms with E-state index in [9.17, 15) is 0 Å². The molecule has 1 aromatic rings. The van der Waals surface area contributed by atoms with Crippen LogP contribution in [0.25, 0.3) is 0 Å². The van der Waals surface area contributed by atoms with Gasteiger partial charge in [0.25, 0.3) is 0 Å². The van der Waals surface area contributed by atoms with E-state index in [2.05, 4.69) is 67.2 Å². The molecule has 1 N–H and O–H groups in total. The molecule has 0 saturated carbocycles. The number of nitrogens with one attached hydrogen (secondary N) is 1. The second kappa shape index (κ2) is 6.50. The number of likely N-dealkylation sites (tertiary alicyclic amines) is 1. The molecule has 0 aromatic heterocycles. The molecule has 21 heavy (non-hydrogen) atoms. The number of aryl methyl sites for hydroxylation is 1. The lowest BCUT2D eigenvalue weighted by atomic mass is 9.93. The Morgan fingerprint density at radius 3 is 2.76 bits per heavy atom. The predicted molar refractivity (Wildman–Crippen MR) is 90.9 cm³/mol. The fourth-order valence-corrected chi connectivity index (χ4v) is 2.96. The number of aliphatic imine (C=N–C) groups is 1. The van der Waals surface area contributed by atoms with E-state index in [1.54, 1.807) is 0 Å². The van der Waals surface area contributed by atoms with Crippen LogP contribution in [0.5, 0.6) is 0 Å². The molecule has 2 rings (SSSR count). The molecule has 1 aliphatic rings. The lowest BCUT2D eigenvalue weighted by Crippen LogP contribution is -2.42. The van der Waals surface area contributed by atoms with Gasteiger partial charge in [-0.3, -0.25) is 4.99 Å². The third-order valence-corrected chi connectivity index (χ3v) is 4.37. The average Bonchev–Trinajstić information content (AvgIpc) is 2.79. The highest BCUT2D eigenvalue weighted by atomic mass is 15.3. The van der Waals surface area contributed by atoms with Crippen molar-refractivity contribution < 1.29 is 0 Å². The second-order valence-corrected chi connectivity index (χ2v) is 7.08. The summed E-state index contributed by atoms with van der Waals surface area (Å²) in [4.78, 5) is 6.83. The molecule has 1 unspecified atom stereocenters. The van der Waals surface area contributed by atoms with Crippen LogP contribution < -0.4 is 5.32 Å². The van der Waals surface area contributed by atoms with Gasteiger partial charge in [-0.25, -0.2) is 0 Å². The monoisotopic (exact) mass is 287 g/mol. The van der Waals surface area contributed by atoms with Crippen LogP contribution in [-0.2, 0) is 0 Å². The Bertz CT molecular complexity index is 505. The van der Waals surface area contributed by atoms with Crippen molar-refractivity contribution in [2.45, 2.75) is 40.0 Å². The van der Waals surface area contributed by atoms with Crippen molar-refractivity contribution in [2.24, 2.45) is 10.4 Å². The minimum atomic E-state index is 0.403. The largest absolute Gasteiger partial charge is 0.356 e. The molecule has 0 bridgehead atoms. The molecule has 116 valence electrons. The standard InChI is InChI=1S/C18H29N3/c1-14-7-6-8-16(11-14)15(2)12-20-17(19-5)21-10-9-18(3,4)13-21/h6-8,11,15H,9-10,12-13H2,1-5H3,(H,19,20). The average molecular weight is 287 g/mol. The summed E-state index contributed by atoms with van der Waals surface area (Å²) >= 11 is 0. The number of benzene rings is 1. The summed E-state index contributed by atoms with van der Waals surface area (Å²) in [6.07, 6.45) is 1.24. The Hall–Kier alpha value is -1.51. The fourth-order valence-electron chi connectivity index (χ4n) is 2.96. The SMILES string of the molecule is CN=C(NCC(C)c1cccc(C)c1)N1CCC(C)(C)C1. The second-order valence-electron chi connectivity index (χ2n) is 7.08. The molecule has 0 amide bonds. The molecule has 1 atom stereocenters. The first-order valence-corrected chi connectivity index (χ1v) is 7.93. The fraction of sp³-hybridized carbons (Fsp3) is 0.611. The summed E-state index contributed by atoms with van der Waals surface area (Å²) in [6.45, 7) is 12.2. The van der Waals surface area contributed by atoms with Gasteiger partial charge in [-0.05, 0) is 30.2 Å². The highest BCUT2D eigenvalue weighted by Gasteiger charge is 2.30. The van der Waals surface area contributed by atoms with Gasteiger partial charge in [-0.1, -0.05) is 50.6 Å². The lowest BCUT2D eigenvalue weighted by molar-refractivity contribution is 0.370. The molecule has 0 aliphatic carbocycles. The minimum Gasteiger partial charge on any atom is -0.356 e. The Morgan fingerprint density at radius 2 is 2.19 bits per heavy atom. The Kier molecular flexibility index (Phi) is 4.92. The first kappa shape index (κ1) is 15.9. The highest BCUT2D eigenvalue weighted by molar-refractivity contribution is 5.80. The minimum absolute atomic E-state index is 0.403. The van der Waals surface area contributed by atoms with Gasteiger partial charge in [0, 0.05) is 26.7 Å². The molecule has 1 heterocycles. The smallest absolute Gasteiger partial charge is 0.193 e. The van der Waals surface area contributed by atoms with Crippen LogP contribution in [-0.4, -0.2) is 37.5 Å². The van der Waals surface area contributed by atoms with E-state index in [1.807, 2.05) is 7.05 Å². The molecule has 1 saturated heterocycles. The van der Waals surface area contributed by atoms with Gasteiger partial charge in [0.2, 0.25) is 0 Å². The third-order valence-electron chi connectivity index (χ3n) is 4.37. The molecule has 1 fully saturated rings. The van der Waals surface area contributed by atoms with E-state index < -0.39 is 0 Å². The summed E-state index contributed by atoms with van der Waals surface area (Å²) in [5.74, 6) is 1.53. The Labute approximate surface area is 129 Å². The summed E-state index contributed by atoms with van der Waals surface area (Å²) in [5, 5.41) is 3.54. The summed E-state index contributed by atoms with van der Waals surface area (Å²) < 4.78 is 0. The zero-order valence-corrected chi connectivity index (χ0v) is 14.1. The van der Waals surface area contributed by atoms with Gasteiger partial charge in [0.05, 0.1) is 0 Å². The van der Waals surface area contributed by atoms with Gasteiger partial charge in [0.1, 0.15) is 0 Å². The van der Waals surface area contributed by atoms with E-state index in [1.165, 1.54) is 17.5 Å². The van der Waals surface area contributed by atoms with Crippen LogP contribution in [0, 0.1) is 12.3 Å². The number of hydrogen-bond acceptors (Lipinski definition) is 1. The molecule has 3 nitrogen and oxygen atoms in total. The van der Waals surface area contributed by atoms with Gasteiger partial charge < -0.3 is 10.2 Å². The van der Waals surface area contributed by atoms with Crippen LogP contribution in [0.3, 0.4) is 0 Å². The van der Waals surface area contributed by atoms with Crippen LogP contribution in [0.4, 0.5) is 0 Å². The maximum atomic E-state index is 4.45. The first-order chi connectivity index (χ1) is 9.91. The molecular formula is C18H29N3. The van der Waals surface area contributed by atoms with E-state index in [4.69, 9.17) is 0 Å². The zero-order valence-electron chi connectivity index (χ0n) is 14.1. The van der Waals surface area contributed by atoms with E-state index in [0.29, 0.717) is 11.3 Å². The van der Waals surface area contributed by atoms with Crippen molar-refractivity contribution in [1.29, 1.82) is 0 Å². The summed E-state index contributed by atoms with van der Waals surface area (Å²) in [7, 11) is 1.88. The highest BCUT2D eigenvalue weighted by Crippen LogP contribution is 2.28. The van der Waals surface area contributed by atoms with Crippen molar-refractivity contribution >= 4 is 5.96 Å². The number of guanidine groups is 1. The maximum absolute atomic E-state index is 4.45. The zero-order chi connectivity index (χ0) is 15.5. The maximum Gasteiger partial charge on any atom is 0.193 e. The van der Waals surface area contributed by atoms with Gasteiger partial charge in [0.15, 0.2) is 5.96 Å². The molecule has 1 aromatic carbocycles. The molecule has 0 spiro atoms. The normalized spacial score (nSPS) is 19.7. The van der Waals surface area contributed by atoms with Crippen molar-refractivity contribution in [3.8, 4) is 0 Å². The van der Waals surface area contributed by atoms with E-state index in [0.717, 1.165) is 25.6 Å². The third kappa shape index (κ3) is 4.23. The number of hydrogen-bond donors (Lipinski definition) is 1. The number of nitrogens with zero attached hydrogens (tertiary/aromatic N) is 2. The van der Waals surface area contributed by atoms with Crippen LogP contribution >= 0.6 is 0 Å².